The van der Waals surface area contributed by atoms with E-state index in [4.69, 9.17) is 21.1 Å². The third-order valence-corrected chi connectivity index (χ3v) is 9.12. The molecule has 0 spiro atoms. The van der Waals surface area contributed by atoms with Crippen LogP contribution in [0.2, 0.25) is 5.02 Å². The quantitative estimate of drug-likeness (QED) is 0.335. The van der Waals surface area contributed by atoms with E-state index in [1.807, 2.05) is 0 Å². The lowest BCUT2D eigenvalue weighted by atomic mass is 10.1. The van der Waals surface area contributed by atoms with E-state index in [1.165, 1.54) is 31.5 Å². The van der Waals surface area contributed by atoms with Crippen molar-refractivity contribution in [2.45, 2.75) is 36.4 Å². The Morgan fingerprint density at radius 2 is 2.05 bits per heavy atom. The van der Waals surface area contributed by atoms with Crippen LogP contribution in [-0.2, 0) is 26.1 Å². The minimum Gasteiger partial charge on any atom is -0.497 e. The number of aliphatic hydroxyl groups excluding tert-OH is 1. The molecule has 2 aromatic carbocycles. The number of hydrogen-bond acceptors (Lipinski definition) is 9. The molecule has 1 atom stereocenters. The Bertz CT molecular complexity index is 1550. The van der Waals surface area contributed by atoms with E-state index >= 15 is 0 Å². The molecule has 1 aromatic heterocycles. The second kappa shape index (κ2) is 12.2. The van der Waals surface area contributed by atoms with Crippen LogP contribution in [-0.4, -0.2) is 73.2 Å². The number of amides is 1. The predicted octanol–water partition coefficient (Wildman–Crippen LogP) is 2.89. The van der Waals surface area contributed by atoms with Crippen LogP contribution in [0.3, 0.4) is 0 Å². The Labute approximate surface area is 241 Å². The van der Waals surface area contributed by atoms with Crippen LogP contribution >= 0.6 is 11.6 Å². The summed E-state index contributed by atoms with van der Waals surface area (Å²) < 4.78 is 52.2. The fraction of sp³-hybridized carbons (Fsp3) is 0.370. The Hall–Kier alpha value is -3.36. The number of sulfonamides is 1. The normalized spacial score (nSPS) is 17.6. The highest BCUT2D eigenvalue weighted by Crippen LogP contribution is 2.35. The van der Waals surface area contributed by atoms with Crippen molar-refractivity contribution >= 4 is 33.5 Å². The summed E-state index contributed by atoms with van der Waals surface area (Å²) in [6, 6.07) is 7.89. The molecular formula is C27H29ClFN5O6S. The first-order valence-corrected chi connectivity index (χ1v) is 14.7. The molecule has 0 bridgehead atoms. The Morgan fingerprint density at radius 3 is 2.78 bits per heavy atom. The number of ether oxygens (including phenoxy) is 2. The van der Waals surface area contributed by atoms with Crippen molar-refractivity contribution in [2.24, 2.45) is 0 Å². The van der Waals surface area contributed by atoms with Gasteiger partial charge in [-0.05, 0) is 42.2 Å². The third kappa shape index (κ3) is 6.44. The number of carbonyl (C=O) groups excluding carboxylic acids is 1. The number of aromatic nitrogens is 2. The molecule has 41 heavy (non-hydrogen) atoms. The second-order valence-electron chi connectivity index (χ2n) is 9.74. The molecule has 0 aliphatic carbocycles. The summed E-state index contributed by atoms with van der Waals surface area (Å²) in [5.41, 5.74) is 1.66. The van der Waals surface area contributed by atoms with E-state index in [0.29, 0.717) is 36.0 Å². The van der Waals surface area contributed by atoms with Gasteiger partial charge in [0, 0.05) is 37.4 Å². The number of halogens is 2. The lowest BCUT2D eigenvalue weighted by Crippen LogP contribution is -2.40. The number of nitrogens with zero attached hydrogens (tertiary/aromatic N) is 3. The number of carbonyl (C=O) groups is 1. The minimum absolute atomic E-state index is 0.0169. The summed E-state index contributed by atoms with van der Waals surface area (Å²) >= 11 is 6.40. The maximum Gasteiger partial charge on any atom is 0.244 e. The van der Waals surface area contributed by atoms with Crippen LogP contribution in [0.25, 0.3) is 11.3 Å². The van der Waals surface area contributed by atoms with Gasteiger partial charge in [-0.15, -0.1) is 0 Å². The molecule has 11 nitrogen and oxygen atoms in total. The van der Waals surface area contributed by atoms with Gasteiger partial charge in [0.25, 0.3) is 0 Å². The summed E-state index contributed by atoms with van der Waals surface area (Å²) in [4.78, 5) is 21.7. The summed E-state index contributed by atoms with van der Waals surface area (Å²) in [5, 5.41) is 15.9. The highest BCUT2D eigenvalue weighted by molar-refractivity contribution is 7.89. The molecule has 2 aliphatic rings. The number of rotatable bonds is 9. The lowest BCUT2D eigenvalue weighted by Gasteiger charge is -2.23. The summed E-state index contributed by atoms with van der Waals surface area (Å²) in [7, 11) is -2.66. The standard InChI is InChI=1S/C27H29ClFN5O6S/c1-39-21-9-18(8-19(29)11-21)23(15-35)32-25(36)14-34-13-17-3-2-16(10-24(17)41(34,37)38)26-22(28)12-30-27(33-26)31-20-4-6-40-7-5-20/h2-3,8-12,20,23,35H,4-7,13-15H2,1H3,(H,32,36)(H,30,31,33). The van der Waals surface area contributed by atoms with E-state index in [1.54, 1.807) is 12.1 Å². The smallest absolute Gasteiger partial charge is 0.244 e. The van der Waals surface area contributed by atoms with Gasteiger partial charge < -0.3 is 25.2 Å². The minimum atomic E-state index is -4.03. The van der Waals surface area contributed by atoms with Crippen LogP contribution in [0, 0.1) is 5.82 Å². The van der Waals surface area contributed by atoms with Gasteiger partial charge in [0.15, 0.2) is 0 Å². The van der Waals surface area contributed by atoms with Crippen molar-refractivity contribution in [3.8, 4) is 17.0 Å². The zero-order valence-electron chi connectivity index (χ0n) is 22.1. The zero-order chi connectivity index (χ0) is 29.1. The molecule has 1 fully saturated rings. The average Bonchev–Trinajstić information content (AvgIpc) is 3.21. The van der Waals surface area contributed by atoms with Crippen molar-refractivity contribution in [3.05, 3.63) is 64.6 Å². The van der Waals surface area contributed by atoms with Crippen molar-refractivity contribution < 1.29 is 32.2 Å². The molecule has 3 heterocycles. The van der Waals surface area contributed by atoms with Crippen molar-refractivity contribution in [2.75, 3.05) is 38.8 Å². The van der Waals surface area contributed by atoms with Gasteiger partial charge in [0.05, 0.1) is 48.1 Å². The molecule has 2 aliphatic heterocycles. The van der Waals surface area contributed by atoms with Gasteiger partial charge in [0.1, 0.15) is 11.6 Å². The summed E-state index contributed by atoms with van der Waals surface area (Å²) in [6.07, 6.45) is 3.10. The fourth-order valence-electron chi connectivity index (χ4n) is 4.83. The van der Waals surface area contributed by atoms with E-state index in [2.05, 4.69) is 20.6 Å². The molecular weight excluding hydrogens is 577 g/mol. The van der Waals surface area contributed by atoms with Crippen molar-refractivity contribution in [1.82, 2.24) is 19.6 Å². The number of nitrogens with one attached hydrogen (secondary N) is 2. The number of aliphatic hydroxyl groups is 1. The van der Waals surface area contributed by atoms with Gasteiger partial charge in [0.2, 0.25) is 21.9 Å². The monoisotopic (exact) mass is 605 g/mol. The van der Waals surface area contributed by atoms with E-state index in [-0.39, 0.29) is 33.8 Å². The fourth-order valence-corrected chi connectivity index (χ4v) is 6.64. The van der Waals surface area contributed by atoms with Gasteiger partial charge in [-0.2, -0.15) is 4.31 Å². The molecule has 14 heteroatoms. The van der Waals surface area contributed by atoms with Gasteiger partial charge >= 0.3 is 0 Å². The third-order valence-electron chi connectivity index (χ3n) is 6.97. The number of hydrogen-bond donors (Lipinski definition) is 3. The molecule has 1 amide bonds. The molecule has 1 unspecified atom stereocenters. The molecule has 218 valence electrons. The van der Waals surface area contributed by atoms with E-state index in [9.17, 15) is 22.7 Å². The zero-order valence-corrected chi connectivity index (χ0v) is 23.7. The van der Waals surface area contributed by atoms with Crippen LogP contribution in [0.4, 0.5) is 10.3 Å². The number of benzene rings is 2. The van der Waals surface area contributed by atoms with Gasteiger partial charge in [-0.25, -0.2) is 22.8 Å². The van der Waals surface area contributed by atoms with Crippen molar-refractivity contribution in [1.29, 1.82) is 0 Å². The number of methoxy groups -OCH3 is 1. The molecule has 5 rings (SSSR count). The summed E-state index contributed by atoms with van der Waals surface area (Å²) in [5.74, 6) is -0.661. The molecule has 0 saturated carbocycles. The van der Waals surface area contributed by atoms with Gasteiger partial charge in [-0.1, -0.05) is 23.7 Å². The summed E-state index contributed by atoms with van der Waals surface area (Å²) in [6.45, 7) is 0.255. The predicted molar refractivity (Wildman–Crippen MR) is 148 cm³/mol. The van der Waals surface area contributed by atoms with Gasteiger partial charge in [-0.3, -0.25) is 4.79 Å². The highest BCUT2D eigenvalue weighted by atomic mass is 35.5. The highest BCUT2D eigenvalue weighted by Gasteiger charge is 2.36. The van der Waals surface area contributed by atoms with E-state index in [0.717, 1.165) is 23.2 Å². The van der Waals surface area contributed by atoms with Crippen LogP contribution < -0.4 is 15.4 Å². The van der Waals surface area contributed by atoms with Crippen LogP contribution in [0.5, 0.6) is 5.75 Å². The molecule has 0 radical (unpaired) electrons. The first kappa shape index (κ1) is 29.1. The van der Waals surface area contributed by atoms with Crippen molar-refractivity contribution in [3.63, 3.8) is 0 Å². The topological polar surface area (TPSA) is 143 Å². The number of fused-ring (bicyclic) bond motifs is 1. The SMILES string of the molecule is COc1cc(F)cc(C(CO)NC(=O)CN2Cc3ccc(-c4nc(NC5CCOCC5)ncc4Cl)cc3S2(=O)=O)c1. The first-order valence-electron chi connectivity index (χ1n) is 12.9. The van der Waals surface area contributed by atoms with E-state index < -0.39 is 40.9 Å². The Morgan fingerprint density at radius 1 is 1.27 bits per heavy atom. The Balaban J connectivity index is 1.32. The first-order chi connectivity index (χ1) is 19.7. The maximum atomic E-state index is 14.0. The molecule has 1 saturated heterocycles. The van der Waals surface area contributed by atoms with Crippen LogP contribution in [0.1, 0.15) is 30.0 Å². The molecule has 3 N–H and O–H groups in total. The van der Waals surface area contributed by atoms with Crippen LogP contribution in [0.15, 0.2) is 47.5 Å². The number of anilines is 1. The largest absolute Gasteiger partial charge is 0.497 e. The second-order valence-corrected chi connectivity index (χ2v) is 12.1. The lowest BCUT2D eigenvalue weighted by molar-refractivity contribution is -0.122. The maximum absolute atomic E-state index is 14.0. The average molecular weight is 606 g/mol. The molecule has 3 aromatic rings. The Kier molecular flexibility index (Phi) is 8.71.